The number of nitrogens with zero attached hydrogens (tertiary/aromatic N) is 2. The van der Waals surface area contributed by atoms with Gasteiger partial charge in [0.05, 0.1) is 30.9 Å². The second kappa shape index (κ2) is 8.68. The van der Waals surface area contributed by atoms with Gasteiger partial charge in [0.15, 0.2) is 5.75 Å². The fraction of sp³-hybridized carbons (Fsp3) is 0.278. The SMILES string of the molecule is COc1cc(C=NNCc2ccccc2)cc([N+](=O)[O-])c1OC(C)C. The minimum Gasteiger partial charge on any atom is -0.493 e. The molecular formula is C18H21N3O4. The molecule has 7 heteroatoms. The van der Waals surface area contributed by atoms with E-state index in [2.05, 4.69) is 10.5 Å². The number of benzene rings is 2. The average molecular weight is 343 g/mol. The molecule has 0 amide bonds. The number of rotatable bonds is 8. The predicted octanol–water partition coefficient (Wildman–Crippen LogP) is 3.51. The van der Waals surface area contributed by atoms with Crippen LogP contribution in [0.1, 0.15) is 25.0 Å². The van der Waals surface area contributed by atoms with Crippen molar-refractivity contribution in [3.63, 3.8) is 0 Å². The molecular weight excluding hydrogens is 322 g/mol. The minimum absolute atomic E-state index is 0.122. The fourth-order valence-electron chi connectivity index (χ4n) is 2.18. The monoisotopic (exact) mass is 343 g/mol. The molecule has 132 valence electrons. The van der Waals surface area contributed by atoms with Crippen LogP contribution in [0.3, 0.4) is 0 Å². The van der Waals surface area contributed by atoms with Crippen molar-refractivity contribution in [2.45, 2.75) is 26.5 Å². The first kappa shape index (κ1) is 18.3. The molecule has 1 N–H and O–H groups in total. The molecule has 7 nitrogen and oxygen atoms in total. The first-order chi connectivity index (χ1) is 12.0. The number of hydrogen-bond donors (Lipinski definition) is 1. The van der Waals surface area contributed by atoms with Gasteiger partial charge in [-0.15, -0.1) is 0 Å². The number of nitro groups is 1. The summed E-state index contributed by atoms with van der Waals surface area (Å²) in [6.07, 6.45) is 1.30. The van der Waals surface area contributed by atoms with E-state index in [-0.39, 0.29) is 17.5 Å². The Morgan fingerprint density at radius 1 is 1.28 bits per heavy atom. The van der Waals surface area contributed by atoms with Crippen LogP contribution in [0.25, 0.3) is 0 Å². The molecule has 0 spiro atoms. The Bertz CT molecular complexity index is 745. The molecule has 0 bridgehead atoms. The maximum atomic E-state index is 11.3. The lowest BCUT2D eigenvalue weighted by Gasteiger charge is -2.14. The maximum Gasteiger partial charge on any atom is 0.315 e. The summed E-state index contributed by atoms with van der Waals surface area (Å²) in [5, 5.41) is 15.5. The number of nitro benzene ring substituents is 1. The van der Waals surface area contributed by atoms with E-state index in [9.17, 15) is 10.1 Å². The highest BCUT2D eigenvalue weighted by Crippen LogP contribution is 2.38. The molecule has 0 atom stereocenters. The van der Waals surface area contributed by atoms with Crippen LogP contribution in [0.2, 0.25) is 0 Å². The summed E-state index contributed by atoms with van der Waals surface area (Å²) in [6.45, 7) is 4.16. The summed E-state index contributed by atoms with van der Waals surface area (Å²) in [6, 6.07) is 12.9. The van der Waals surface area contributed by atoms with Crippen molar-refractivity contribution in [3.8, 4) is 11.5 Å². The lowest BCUT2D eigenvalue weighted by molar-refractivity contribution is -0.386. The van der Waals surface area contributed by atoms with Crippen LogP contribution in [0.4, 0.5) is 5.69 Å². The van der Waals surface area contributed by atoms with E-state index >= 15 is 0 Å². The third-order valence-corrected chi connectivity index (χ3v) is 3.26. The maximum absolute atomic E-state index is 11.3. The molecule has 0 fully saturated rings. The van der Waals surface area contributed by atoms with Crippen LogP contribution in [0, 0.1) is 10.1 Å². The minimum atomic E-state index is -0.491. The van der Waals surface area contributed by atoms with Gasteiger partial charge in [0, 0.05) is 11.6 Å². The van der Waals surface area contributed by atoms with E-state index in [4.69, 9.17) is 9.47 Å². The highest BCUT2D eigenvalue weighted by molar-refractivity contribution is 5.83. The quantitative estimate of drug-likeness (QED) is 0.450. The molecule has 2 aromatic rings. The number of hydrazone groups is 1. The average Bonchev–Trinajstić information content (AvgIpc) is 2.59. The molecule has 2 aromatic carbocycles. The highest BCUT2D eigenvalue weighted by atomic mass is 16.6. The Hall–Kier alpha value is -3.09. The fourth-order valence-corrected chi connectivity index (χ4v) is 2.18. The molecule has 0 radical (unpaired) electrons. The van der Waals surface area contributed by atoms with E-state index in [1.807, 2.05) is 30.3 Å². The largest absolute Gasteiger partial charge is 0.493 e. The van der Waals surface area contributed by atoms with Gasteiger partial charge < -0.3 is 14.9 Å². The van der Waals surface area contributed by atoms with Gasteiger partial charge in [-0.1, -0.05) is 30.3 Å². The predicted molar refractivity (Wildman–Crippen MR) is 96.3 cm³/mol. The van der Waals surface area contributed by atoms with Crippen molar-refractivity contribution in [1.29, 1.82) is 0 Å². The van der Waals surface area contributed by atoms with E-state index in [1.165, 1.54) is 19.4 Å². The van der Waals surface area contributed by atoms with Crippen LogP contribution in [-0.2, 0) is 6.54 Å². The van der Waals surface area contributed by atoms with E-state index in [0.29, 0.717) is 17.9 Å². The van der Waals surface area contributed by atoms with Crippen molar-refractivity contribution < 1.29 is 14.4 Å². The van der Waals surface area contributed by atoms with Crippen molar-refractivity contribution in [3.05, 3.63) is 63.7 Å². The highest BCUT2D eigenvalue weighted by Gasteiger charge is 2.22. The van der Waals surface area contributed by atoms with Crippen molar-refractivity contribution >= 4 is 11.9 Å². The third kappa shape index (κ3) is 5.20. The number of ether oxygens (including phenoxy) is 2. The Labute approximate surface area is 146 Å². The van der Waals surface area contributed by atoms with Gasteiger partial charge in [-0.2, -0.15) is 5.10 Å². The lowest BCUT2D eigenvalue weighted by Crippen LogP contribution is -2.09. The first-order valence-corrected chi connectivity index (χ1v) is 7.84. The molecule has 0 saturated carbocycles. The zero-order valence-electron chi connectivity index (χ0n) is 14.4. The van der Waals surface area contributed by atoms with Gasteiger partial charge in [0.1, 0.15) is 0 Å². The van der Waals surface area contributed by atoms with Gasteiger partial charge in [0.2, 0.25) is 5.75 Å². The summed E-state index contributed by atoms with van der Waals surface area (Å²) in [5.41, 5.74) is 4.38. The molecule has 25 heavy (non-hydrogen) atoms. The summed E-state index contributed by atoms with van der Waals surface area (Å²) in [5.74, 6) is 0.421. The Balaban J connectivity index is 2.18. The summed E-state index contributed by atoms with van der Waals surface area (Å²) < 4.78 is 10.8. The molecule has 0 aliphatic rings. The third-order valence-electron chi connectivity index (χ3n) is 3.26. The first-order valence-electron chi connectivity index (χ1n) is 7.84. The summed E-state index contributed by atoms with van der Waals surface area (Å²) in [7, 11) is 1.45. The van der Waals surface area contributed by atoms with Crippen molar-refractivity contribution in [1.82, 2.24) is 5.43 Å². The van der Waals surface area contributed by atoms with Gasteiger partial charge in [-0.25, -0.2) is 0 Å². The second-order valence-electron chi connectivity index (χ2n) is 5.57. The van der Waals surface area contributed by atoms with E-state index in [0.717, 1.165) is 5.56 Å². The molecule has 0 saturated heterocycles. The molecule has 0 heterocycles. The molecule has 0 aromatic heterocycles. The molecule has 0 aliphatic heterocycles. The van der Waals surface area contributed by atoms with Crippen LogP contribution >= 0.6 is 0 Å². The zero-order valence-corrected chi connectivity index (χ0v) is 14.4. The van der Waals surface area contributed by atoms with Crippen LogP contribution in [0.5, 0.6) is 11.5 Å². The normalized spacial score (nSPS) is 10.9. The standard InChI is InChI=1S/C18H21N3O4/c1-13(2)25-18-16(21(22)23)9-15(10-17(18)24-3)12-20-19-11-14-7-5-4-6-8-14/h4-10,12-13,19H,11H2,1-3H3. The Kier molecular flexibility index (Phi) is 6.33. The van der Waals surface area contributed by atoms with Gasteiger partial charge in [0.25, 0.3) is 0 Å². The van der Waals surface area contributed by atoms with Gasteiger partial charge in [-0.05, 0) is 25.5 Å². The molecule has 2 rings (SSSR count). The number of nitrogens with one attached hydrogen (secondary N) is 1. The summed E-state index contributed by atoms with van der Waals surface area (Å²) in [4.78, 5) is 10.9. The topological polar surface area (TPSA) is 86.0 Å². The van der Waals surface area contributed by atoms with Crippen LogP contribution in [0.15, 0.2) is 47.6 Å². The number of methoxy groups -OCH3 is 1. The smallest absolute Gasteiger partial charge is 0.315 e. The zero-order chi connectivity index (χ0) is 18.2. The Morgan fingerprint density at radius 3 is 2.60 bits per heavy atom. The lowest BCUT2D eigenvalue weighted by atomic mass is 10.2. The van der Waals surface area contributed by atoms with Gasteiger partial charge >= 0.3 is 5.69 Å². The van der Waals surface area contributed by atoms with E-state index in [1.54, 1.807) is 19.9 Å². The summed E-state index contributed by atoms with van der Waals surface area (Å²) >= 11 is 0. The van der Waals surface area contributed by atoms with Crippen LogP contribution in [-0.4, -0.2) is 24.4 Å². The molecule has 0 unspecified atom stereocenters. The van der Waals surface area contributed by atoms with E-state index < -0.39 is 4.92 Å². The van der Waals surface area contributed by atoms with Crippen molar-refractivity contribution in [2.24, 2.45) is 5.10 Å². The van der Waals surface area contributed by atoms with Crippen LogP contribution < -0.4 is 14.9 Å². The van der Waals surface area contributed by atoms with Gasteiger partial charge in [-0.3, -0.25) is 10.1 Å². The second-order valence-corrected chi connectivity index (χ2v) is 5.57. The molecule has 0 aliphatic carbocycles. The van der Waals surface area contributed by atoms with Crippen molar-refractivity contribution in [2.75, 3.05) is 7.11 Å². The Morgan fingerprint density at radius 2 is 2.00 bits per heavy atom. The number of hydrogen-bond acceptors (Lipinski definition) is 6.